The predicted octanol–water partition coefficient (Wildman–Crippen LogP) is 2.40. The highest BCUT2D eigenvalue weighted by Gasteiger charge is 2.15. The Hall–Kier alpha value is -2.27. The lowest BCUT2D eigenvalue weighted by atomic mass is 10.1. The van der Waals surface area contributed by atoms with E-state index in [1.54, 1.807) is 12.1 Å². The lowest BCUT2D eigenvalue weighted by Gasteiger charge is -2.08. The molecule has 0 aliphatic heterocycles. The van der Waals surface area contributed by atoms with Crippen molar-refractivity contribution in [2.45, 2.75) is 0 Å². The summed E-state index contributed by atoms with van der Waals surface area (Å²) in [5.74, 6) is -1.42. The monoisotopic (exact) mass is 264 g/mol. The highest BCUT2D eigenvalue weighted by Crippen LogP contribution is 2.29. The van der Waals surface area contributed by atoms with E-state index in [-0.39, 0.29) is 16.5 Å². The Kier molecular flexibility index (Phi) is 3.34. The molecule has 3 N–H and O–H groups in total. The van der Waals surface area contributed by atoms with E-state index in [1.807, 2.05) is 0 Å². The number of para-hydroxylation sites is 1. The highest BCUT2D eigenvalue weighted by atomic mass is 35.5. The molecule has 0 saturated carbocycles. The van der Waals surface area contributed by atoms with Crippen molar-refractivity contribution in [3.05, 3.63) is 47.2 Å². The van der Waals surface area contributed by atoms with Gasteiger partial charge >= 0.3 is 0 Å². The highest BCUT2D eigenvalue weighted by molar-refractivity contribution is 6.32. The van der Waals surface area contributed by atoms with Crippen LogP contribution in [-0.4, -0.2) is 21.1 Å². The molecule has 0 unspecified atom stereocenters. The van der Waals surface area contributed by atoms with Crippen molar-refractivity contribution in [3.63, 3.8) is 0 Å². The summed E-state index contributed by atoms with van der Waals surface area (Å²) in [6.07, 6.45) is 1.49. The molecule has 5 nitrogen and oxygen atoms in total. The van der Waals surface area contributed by atoms with Gasteiger partial charge in [-0.1, -0.05) is 17.7 Å². The number of benzene rings is 1. The SMILES string of the molecule is O=C(Nc1cccnc1Cl)c1cccc(O)c1O. The van der Waals surface area contributed by atoms with Gasteiger partial charge in [0.1, 0.15) is 0 Å². The van der Waals surface area contributed by atoms with Crippen LogP contribution in [0.3, 0.4) is 0 Å². The number of aromatic nitrogens is 1. The quantitative estimate of drug-likeness (QED) is 0.575. The second-order valence-corrected chi connectivity index (χ2v) is 3.83. The van der Waals surface area contributed by atoms with Crippen molar-refractivity contribution in [1.29, 1.82) is 0 Å². The zero-order valence-corrected chi connectivity index (χ0v) is 9.85. The van der Waals surface area contributed by atoms with Crippen LogP contribution < -0.4 is 5.32 Å². The standard InChI is InChI=1S/C12H9ClN2O3/c13-11-8(4-2-6-14-11)15-12(18)7-3-1-5-9(16)10(7)17/h1-6,16-17H,(H,15,18). The topological polar surface area (TPSA) is 82.5 Å². The van der Waals surface area contributed by atoms with Gasteiger partial charge < -0.3 is 15.5 Å². The molecule has 1 heterocycles. The van der Waals surface area contributed by atoms with Crippen LogP contribution in [0.1, 0.15) is 10.4 Å². The van der Waals surface area contributed by atoms with Gasteiger partial charge in [-0.2, -0.15) is 0 Å². The van der Waals surface area contributed by atoms with Gasteiger partial charge in [0.05, 0.1) is 11.3 Å². The Morgan fingerprint density at radius 2 is 2.00 bits per heavy atom. The maximum atomic E-state index is 11.9. The number of aromatic hydroxyl groups is 2. The molecule has 0 aliphatic rings. The van der Waals surface area contributed by atoms with E-state index in [9.17, 15) is 15.0 Å². The predicted molar refractivity (Wildman–Crippen MR) is 67.0 cm³/mol. The van der Waals surface area contributed by atoms with Crippen LogP contribution in [0.25, 0.3) is 0 Å². The number of pyridine rings is 1. The van der Waals surface area contributed by atoms with E-state index in [0.29, 0.717) is 5.69 Å². The van der Waals surface area contributed by atoms with Gasteiger partial charge in [-0.05, 0) is 24.3 Å². The van der Waals surface area contributed by atoms with Crippen molar-refractivity contribution in [3.8, 4) is 11.5 Å². The third-order valence-corrected chi connectivity index (χ3v) is 2.57. The van der Waals surface area contributed by atoms with Gasteiger partial charge in [0, 0.05) is 6.20 Å². The molecule has 1 aromatic carbocycles. The summed E-state index contributed by atoms with van der Waals surface area (Å²) >= 11 is 5.79. The van der Waals surface area contributed by atoms with E-state index in [0.717, 1.165) is 0 Å². The van der Waals surface area contributed by atoms with Crippen LogP contribution in [0.2, 0.25) is 5.15 Å². The minimum Gasteiger partial charge on any atom is -0.504 e. The van der Waals surface area contributed by atoms with Crippen molar-refractivity contribution < 1.29 is 15.0 Å². The molecule has 92 valence electrons. The molecule has 0 atom stereocenters. The van der Waals surface area contributed by atoms with Crippen molar-refractivity contribution in [1.82, 2.24) is 4.98 Å². The molecule has 2 aromatic rings. The number of carbonyl (C=O) groups excluding carboxylic acids is 1. The fourth-order valence-electron chi connectivity index (χ4n) is 1.38. The summed E-state index contributed by atoms with van der Waals surface area (Å²) in [5.41, 5.74) is 0.279. The zero-order valence-electron chi connectivity index (χ0n) is 9.09. The molecule has 1 amide bonds. The first-order valence-electron chi connectivity index (χ1n) is 5.02. The number of amides is 1. The van der Waals surface area contributed by atoms with Gasteiger partial charge in [-0.25, -0.2) is 4.98 Å². The van der Waals surface area contributed by atoms with Gasteiger partial charge in [0.25, 0.3) is 5.91 Å². The van der Waals surface area contributed by atoms with E-state index >= 15 is 0 Å². The van der Waals surface area contributed by atoms with E-state index in [1.165, 1.54) is 24.4 Å². The first-order chi connectivity index (χ1) is 8.59. The van der Waals surface area contributed by atoms with Gasteiger partial charge in [-0.15, -0.1) is 0 Å². The Bertz CT molecular complexity index is 602. The summed E-state index contributed by atoms with van der Waals surface area (Å²) < 4.78 is 0. The van der Waals surface area contributed by atoms with Crippen LogP contribution in [0.15, 0.2) is 36.5 Å². The normalized spacial score (nSPS) is 10.1. The van der Waals surface area contributed by atoms with Crippen molar-refractivity contribution in [2.75, 3.05) is 5.32 Å². The molecule has 2 rings (SSSR count). The van der Waals surface area contributed by atoms with Crippen LogP contribution in [-0.2, 0) is 0 Å². The van der Waals surface area contributed by atoms with Crippen molar-refractivity contribution >= 4 is 23.2 Å². The molecule has 0 aliphatic carbocycles. The second kappa shape index (κ2) is 4.93. The number of phenolic OH excluding ortho intramolecular Hbond substituents is 2. The molecule has 0 radical (unpaired) electrons. The number of phenols is 2. The first kappa shape index (κ1) is 12.2. The average Bonchev–Trinajstić information content (AvgIpc) is 2.35. The molecule has 1 aromatic heterocycles. The third-order valence-electron chi connectivity index (χ3n) is 2.27. The zero-order chi connectivity index (χ0) is 13.1. The summed E-state index contributed by atoms with van der Waals surface area (Å²) in [5, 5.41) is 21.5. The fraction of sp³-hybridized carbons (Fsp3) is 0. The molecular weight excluding hydrogens is 256 g/mol. The van der Waals surface area contributed by atoms with Crippen LogP contribution in [0.5, 0.6) is 11.5 Å². The molecule has 6 heteroatoms. The Morgan fingerprint density at radius 3 is 2.72 bits per heavy atom. The Morgan fingerprint density at radius 1 is 1.22 bits per heavy atom. The molecule has 0 saturated heterocycles. The second-order valence-electron chi connectivity index (χ2n) is 3.47. The van der Waals surface area contributed by atoms with Gasteiger partial charge in [-0.3, -0.25) is 4.79 Å². The minimum atomic E-state index is -0.585. The van der Waals surface area contributed by atoms with Gasteiger partial charge in [0.15, 0.2) is 16.7 Å². The Labute approximate surface area is 108 Å². The molecular formula is C12H9ClN2O3. The number of halogens is 1. The molecule has 18 heavy (non-hydrogen) atoms. The number of hydrogen-bond donors (Lipinski definition) is 3. The van der Waals surface area contributed by atoms with Crippen LogP contribution in [0.4, 0.5) is 5.69 Å². The van der Waals surface area contributed by atoms with E-state index in [2.05, 4.69) is 10.3 Å². The average molecular weight is 265 g/mol. The summed E-state index contributed by atoms with van der Waals surface area (Å²) in [7, 11) is 0. The maximum absolute atomic E-state index is 11.9. The molecule has 0 fully saturated rings. The van der Waals surface area contributed by atoms with Crippen LogP contribution in [0, 0.1) is 0 Å². The largest absolute Gasteiger partial charge is 0.504 e. The lowest BCUT2D eigenvalue weighted by Crippen LogP contribution is -2.12. The minimum absolute atomic E-state index is 0.0464. The molecule has 0 spiro atoms. The Balaban J connectivity index is 2.28. The smallest absolute Gasteiger partial charge is 0.259 e. The number of nitrogens with one attached hydrogen (secondary N) is 1. The number of rotatable bonds is 2. The summed E-state index contributed by atoms with van der Waals surface area (Å²) in [6, 6.07) is 7.31. The van der Waals surface area contributed by atoms with E-state index in [4.69, 9.17) is 11.6 Å². The molecule has 0 bridgehead atoms. The number of anilines is 1. The van der Waals surface area contributed by atoms with Crippen LogP contribution >= 0.6 is 11.6 Å². The van der Waals surface area contributed by atoms with Gasteiger partial charge in [0.2, 0.25) is 0 Å². The number of hydrogen-bond acceptors (Lipinski definition) is 4. The third kappa shape index (κ3) is 2.36. The maximum Gasteiger partial charge on any atom is 0.259 e. The van der Waals surface area contributed by atoms with Crippen molar-refractivity contribution in [2.24, 2.45) is 0 Å². The number of nitrogens with zero attached hydrogens (tertiary/aromatic N) is 1. The summed E-state index contributed by atoms with van der Waals surface area (Å²) in [4.78, 5) is 15.7. The fourth-order valence-corrected chi connectivity index (χ4v) is 1.55. The lowest BCUT2D eigenvalue weighted by molar-refractivity contribution is 0.102. The van der Waals surface area contributed by atoms with E-state index < -0.39 is 11.7 Å². The summed E-state index contributed by atoms with van der Waals surface area (Å²) in [6.45, 7) is 0. The number of carbonyl (C=O) groups is 1. The first-order valence-corrected chi connectivity index (χ1v) is 5.40.